The minimum Gasteiger partial charge on any atom is -0.366 e. The lowest BCUT2D eigenvalue weighted by Gasteiger charge is -2.00. The molecular formula is C11H12N6. The summed E-state index contributed by atoms with van der Waals surface area (Å²) in [6.07, 6.45) is 2.56. The molecule has 0 aliphatic rings. The molecule has 3 aromatic rings. The molecule has 0 saturated heterocycles. The highest BCUT2D eigenvalue weighted by Crippen LogP contribution is 2.19. The molecule has 17 heavy (non-hydrogen) atoms. The first-order chi connectivity index (χ1) is 8.25. The highest BCUT2D eigenvalue weighted by atomic mass is 15.4. The number of benzene rings is 1. The average Bonchev–Trinajstić information content (AvgIpc) is 2.89. The molecule has 0 radical (unpaired) electrons. The number of nitrogens with two attached hydrogens (primary N) is 2. The van der Waals surface area contributed by atoms with E-state index in [2.05, 4.69) is 21.2 Å². The van der Waals surface area contributed by atoms with Crippen LogP contribution >= 0.6 is 0 Å². The van der Waals surface area contributed by atoms with Gasteiger partial charge in [0.05, 0.1) is 0 Å². The van der Waals surface area contributed by atoms with Crippen molar-refractivity contribution < 1.29 is 0 Å². The van der Waals surface area contributed by atoms with Crippen LogP contribution in [-0.2, 0) is 6.42 Å². The fraction of sp³-hybridized carbons (Fsp3) is 0.0909. The predicted molar refractivity (Wildman–Crippen MR) is 65.7 cm³/mol. The molecule has 0 amide bonds. The molecule has 0 bridgehead atoms. The van der Waals surface area contributed by atoms with Crippen molar-refractivity contribution in [3.63, 3.8) is 0 Å². The number of H-pyrrole nitrogens is 1. The lowest BCUT2D eigenvalue weighted by Crippen LogP contribution is -2.15. The second-order valence-electron chi connectivity index (χ2n) is 3.88. The Morgan fingerprint density at radius 3 is 2.82 bits per heavy atom. The van der Waals surface area contributed by atoms with Gasteiger partial charge in [-0.1, -0.05) is 18.2 Å². The molecule has 2 heterocycles. The van der Waals surface area contributed by atoms with E-state index in [0.29, 0.717) is 12.2 Å². The van der Waals surface area contributed by atoms with Gasteiger partial charge >= 0.3 is 0 Å². The molecule has 0 saturated carbocycles. The maximum Gasteiger partial charge on any atom is 0.240 e. The minimum absolute atomic E-state index is 0.222. The first-order valence-corrected chi connectivity index (χ1v) is 5.25. The van der Waals surface area contributed by atoms with Crippen LogP contribution in [0.1, 0.15) is 11.4 Å². The van der Waals surface area contributed by atoms with E-state index in [-0.39, 0.29) is 5.95 Å². The van der Waals surface area contributed by atoms with Crippen LogP contribution in [0.15, 0.2) is 30.5 Å². The first-order valence-electron chi connectivity index (χ1n) is 5.25. The summed E-state index contributed by atoms with van der Waals surface area (Å²) >= 11 is 0. The van der Waals surface area contributed by atoms with Crippen LogP contribution in [-0.4, -0.2) is 19.9 Å². The van der Waals surface area contributed by atoms with Gasteiger partial charge in [-0.25, -0.2) is 4.68 Å². The van der Waals surface area contributed by atoms with Crippen LogP contribution in [0.3, 0.4) is 0 Å². The quantitative estimate of drug-likeness (QED) is 0.561. The molecule has 3 rings (SSSR count). The molecule has 6 nitrogen and oxygen atoms in total. The van der Waals surface area contributed by atoms with Crippen molar-refractivity contribution in [2.75, 3.05) is 11.6 Å². The molecule has 5 N–H and O–H groups in total. The van der Waals surface area contributed by atoms with Crippen molar-refractivity contribution in [3.05, 3.63) is 41.9 Å². The molecule has 0 fully saturated rings. The summed E-state index contributed by atoms with van der Waals surface area (Å²) in [4.78, 5) is 3.21. The molecule has 1 aromatic carbocycles. The van der Waals surface area contributed by atoms with E-state index in [9.17, 15) is 0 Å². The zero-order valence-corrected chi connectivity index (χ0v) is 9.09. The standard InChI is InChI=1S/C11H12N6/c12-11-16-15-10(17(11)13)5-7-6-14-9-4-2-1-3-8(7)9/h1-4,6,14H,5,13H2,(H2,12,16). The van der Waals surface area contributed by atoms with Crippen molar-refractivity contribution in [2.45, 2.75) is 6.42 Å². The summed E-state index contributed by atoms with van der Waals surface area (Å²) in [5, 5.41) is 8.84. The van der Waals surface area contributed by atoms with Crippen LogP contribution in [0.25, 0.3) is 10.9 Å². The summed E-state index contributed by atoms with van der Waals surface area (Å²) in [7, 11) is 0. The third-order valence-electron chi connectivity index (χ3n) is 2.82. The first kappa shape index (κ1) is 9.71. The number of hydrogen-bond acceptors (Lipinski definition) is 4. The van der Waals surface area contributed by atoms with E-state index in [1.54, 1.807) is 0 Å². The SMILES string of the molecule is Nc1nnc(Cc2c[nH]c3ccccc23)n1N. The van der Waals surface area contributed by atoms with Crippen molar-refractivity contribution in [1.29, 1.82) is 0 Å². The van der Waals surface area contributed by atoms with Gasteiger partial charge in [0.1, 0.15) is 0 Å². The molecule has 0 spiro atoms. The Labute approximate surface area is 97.2 Å². The largest absolute Gasteiger partial charge is 0.366 e. The van der Waals surface area contributed by atoms with Gasteiger partial charge in [-0.05, 0) is 11.6 Å². The number of rotatable bonds is 2. The Morgan fingerprint density at radius 1 is 1.24 bits per heavy atom. The van der Waals surface area contributed by atoms with E-state index in [4.69, 9.17) is 11.6 Å². The van der Waals surface area contributed by atoms with Crippen LogP contribution < -0.4 is 11.6 Å². The zero-order chi connectivity index (χ0) is 11.8. The fourth-order valence-electron chi connectivity index (χ4n) is 1.91. The van der Waals surface area contributed by atoms with Crippen molar-refractivity contribution >= 4 is 16.9 Å². The third-order valence-corrected chi connectivity index (χ3v) is 2.82. The highest BCUT2D eigenvalue weighted by molar-refractivity contribution is 5.83. The van der Waals surface area contributed by atoms with Gasteiger partial charge in [-0.15, -0.1) is 10.2 Å². The topological polar surface area (TPSA) is 98.5 Å². The molecule has 2 aromatic heterocycles. The fourth-order valence-corrected chi connectivity index (χ4v) is 1.91. The lowest BCUT2D eigenvalue weighted by molar-refractivity contribution is 0.881. The average molecular weight is 228 g/mol. The van der Waals surface area contributed by atoms with Gasteiger partial charge < -0.3 is 16.6 Å². The summed E-state index contributed by atoms with van der Waals surface area (Å²) in [6.45, 7) is 0. The third kappa shape index (κ3) is 1.50. The van der Waals surface area contributed by atoms with Gasteiger partial charge in [0.2, 0.25) is 5.95 Å². The van der Waals surface area contributed by atoms with Crippen LogP contribution in [0, 0.1) is 0 Å². The van der Waals surface area contributed by atoms with E-state index < -0.39 is 0 Å². The van der Waals surface area contributed by atoms with Gasteiger partial charge in [-0.2, -0.15) is 0 Å². The smallest absolute Gasteiger partial charge is 0.240 e. The molecule has 0 atom stereocenters. The Bertz CT molecular complexity index is 665. The second-order valence-corrected chi connectivity index (χ2v) is 3.88. The number of hydrogen-bond donors (Lipinski definition) is 3. The summed E-state index contributed by atoms with van der Waals surface area (Å²) < 4.78 is 1.31. The summed E-state index contributed by atoms with van der Waals surface area (Å²) in [5.74, 6) is 6.59. The van der Waals surface area contributed by atoms with Crippen LogP contribution in [0.4, 0.5) is 5.95 Å². The van der Waals surface area contributed by atoms with Crippen molar-refractivity contribution in [1.82, 2.24) is 19.9 Å². The van der Waals surface area contributed by atoms with Gasteiger partial charge in [0, 0.05) is 23.5 Å². The van der Waals surface area contributed by atoms with E-state index in [1.807, 2.05) is 24.4 Å². The number of fused-ring (bicyclic) bond motifs is 1. The lowest BCUT2D eigenvalue weighted by atomic mass is 10.1. The Balaban J connectivity index is 2.03. The summed E-state index contributed by atoms with van der Waals surface area (Å²) in [5.41, 5.74) is 7.76. The molecule has 0 aliphatic carbocycles. The minimum atomic E-state index is 0.222. The second kappa shape index (κ2) is 3.51. The van der Waals surface area contributed by atoms with Crippen molar-refractivity contribution in [3.8, 4) is 0 Å². The Morgan fingerprint density at radius 2 is 2.06 bits per heavy atom. The van der Waals surface area contributed by atoms with E-state index in [1.165, 1.54) is 4.68 Å². The monoisotopic (exact) mass is 228 g/mol. The number of anilines is 1. The molecule has 86 valence electrons. The number of aromatic nitrogens is 4. The van der Waals surface area contributed by atoms with Gasteiger partial charge in [0.25, 0.3) is 0 Å². The van der Waals surface area contributed by atoms with E-state index in [0.717, 1.165) is 16.5 Å². The zero-order valence-electron chi connectivity index (χ0n) is 9.09. The maximum absolute atomic E-state index is 5.72. The highest BCUT2D eigenvalue weighted by Gasteiger charge is 2.10. The number of para-hydroxylation sites is 1. The number of nitrogens with zero attached hydrogens (tertiary/aromatic N) is 3. The molecule has 6 heteroatoms. The Hall–Kier alpha value is -2.50. The van der Waals surface area contributed by atoms with Crippen LogP contribution in [0.2, 0.25) is 0 Å². The number of nitrogens with one attached hydrogen (secondary N) is 1. The molecule has 0 aliphatic heterocycles. The number of aromatic amines is 1. The number of nitrogen functional groups attached to an aromatic ring is 2. The van der Waals surface area contributed by atoms with E-state index >= 15 is 0 Å². The summed E-state index contributed by atoms with van der Waals surface area (Å²) in [6, 6.07) is 8.08. The maximum atomic E-state index is 5.72. The van der Waals surface area contributed by atoms with Gasteiger partial charge in [-0.3, -0.25) is 0 Å². The Kier molecular flexibility index (Phi) is 2.01. The van der Waals surface area contributed by atoms with Crippen molar-refractivity contribution in [2.24, 2.45) is 0 Å². The normalized spacial score (nSPS) is 11.1. The van der Waals surface area contributed by atoms with Gasteiger partial charge in [0.15, 0.2) is 5.82 Å². The molecule has 0 unspecified atom stereocenters. The predicted octanol–water partition coefficient (Wildman–Crippen LogP) is 0.646. The molecular weight excluding hydrogens is 216 g/mol. The van der Waals surface area contributed by atoms with Crippen LogP contribution in [0.5, 0.6) is 0 Å².